The first-order chi connectivity index (χ1) is 6.53. The SMILES string of the molecule is CC(=O)C(C)c1nc(C2(C)CC2)no1. The lowest BCUT2D eigenvalue weighted by atomic mass is 10.1. The molecule has 1 aromatic heterocycles. The van der Waals surface area contributed by atoms with E-state index in [-0.39, 0.29) is 17.1 Å². The van der Waals surface area contributed by atoms with Gasteiger partial charge in [-0.1, -0.05) is 12.1 Å². The van der Waals surface area contributed by atoms with Crippen LogP contribution in [0.25, 0.3) is 0 Å². The molecule has 1 atom stereocenters. The van der Waals surface area contributed by atoms with Crippen molar-refractivity contribution in [2.24, 2.45) is 0 Å². The van der Waals surface area contributed by atoms with Crippen LogP contribution in [0.2, 0.25) is 0 Å². The summed E-state index contributed by atoms with van der Waals surface area (Å²) in [6.07, 6.45) is 2.22. The molecule has 1 unspecified atom stereocenters. The fourth-order valence-corrected chi connectivity index (χ4v) is 1.24. The largest absolute Gasteiger partial charge is 0.339 e. The van der Waals surface area contributed by atoms with Crippen molar-refractivity contribution in [1.29, 1.82) is 0 Å². The van der Waals surface area contributed by atoms with E-state index in [1.165, 1.54) is 6.92 Å². The van der Waals surface area contributed by atoms with E-state index in [0.717, 1.165) is 18.7 Å². The van der Waals surface area contributed by atoms with Crippen LogP contribution in [-0.2, 0) is 10.2 Å². The van der Waals surface area contributed by atoms with Gasteiger partial charge >= 0.3 is 0 Å². The minimum atomic E-state index is -0.279. The van der Waals surface area contributed by atoms with E-state index in [1.54, 1.807) is 6.92 Å². The number of carbonyl (C=O) groups is 1. The molecular weight excluding hydrogens is 180 g/mol. The molecule has 0 radical (unpaired) electrons. The Hall–Kier alpha value is -1.19. The molecule has 76 valence electrons. The van der Waals surface area contributed by atoms with Gasteiger partial charge in [-0.05, 0) is 26.7 Å². The molecule has 1 heterocycles. The molecule has 1 saturated carbocycles. The van der Waals surface area contributed by atoms with Crippen LogP contribution in [0, 0.1) is 0 Å². The Bertz CT molecular complexity index is 366. The molecule has 0 spiro atoms. The molecule has 2 rings (SSSR count). The van der Waals surface area contributed by atoms with Crippen LogP contribution in [0.4, 0.5) is 0 Å². The second-order valence-corrected chi connectivity index (χ2v) is 4.35. The summed E-state index contributed by atoms with van der Waals surface area (Å²) in [6.45, 7) is 5.43. The fraction of sp³-hybridized carbons (Fsp3) is 0.700. The predicted octanol–water partition coefficient (Wildman–Crippen LogP) is 1.81. The molecule has 0 saturated heterocycles. The van der Waals surface area contributed by atoms with Gasteiger partial charge in [0.25, 0.3) is 0 Å². The Morgan fingerprint density at radius 3 is 2.71 bits per heavy atom. The molecule has 1 aromatic rings. The summed E-state index contributed by atoms with van der Waals surface area (Å²) in [5.74, 6) is 0.973. The lowest BCUT2D eigenvalue weighted by Crippen LogP contribution is -2.06. The molecule has 0 N–H and O–H groups in total. The van der Waals surface area contributed by atoms with E-state index in [0.29, 0.717) is 5.89 Å². The minimum Gasteiger partial charge on any atom is -0.339 e. The van der Waals surface area contributed by atoms with Gasteiger partial charge in [0.05, 0.1) is 5.92 Å². The zero-order chi connectivity index (χ0) is 10.3. The van der Waals surface area contributed by atoms with Gasteiger partial charge < -0.3 is 4.52 Å². The smallest absolute Gasteiger partial charge is 0.236 e. The minimum absolute atomic E-state index is 0.0566. The van der Waals surface area contributed by atoms with E-state index in [9.17, 15) is 4.79 Å². The average Bonchev–Trinajstić information content (AvgIpc) is 2.69. The Morgan fingerprint density at radius 2 is 2.21 bits per heavy atom. The molecule has 14 heavy (non-hydrogen) atoms. The topological polar surface area (TPSA) is 56.0 Å². The summed E-state index contributed by atoms with van der Waals surface area (Å²) >= 11 is 0. The summed E-state index contributed by atoms with van der Waals surface area (Å²) in [5.41, 5.74) is 0.109. The van der Waals surface area contributed by atoms with Gasteiger partial charge in [-0.15, -0.1) is 0 Å². The third kappa shape index (κ3) is 1.45. The fourth-order valence-electron chi connectivity index (χ4n) is 1.24. The second kappa shape index (κ2) is 2.90. The average molecular weight is 194 g/mol. The molecule has 0 aliphatic heterocycles. The van der Waals surface area contributed by atoms with Crippen LogP contribution >= 0.6 is 0 Å². The number of ketones is 1. The third-order valence-electron chi connectivity index (χ3n) is 2.96. The highest BCUT2D eigenvalue weighted by Crippen LogP contribution is 2.46. The number of hydrogen-bond acceptors (Lipinski definition) is 4. The van der Waals surface area contributed by atoms with Crippen molar-refractivity contribution in [2.75, 3.05) is 0 Å². The highest BCUT2D eigenvalue weighted by molar-refractivity contribution is 5.81. The number of rotatable bonds is 3. The molecule has 0 bridgehead atoms. The molecule has 1 aliphatic carbocycles. The highest BCUT2D eigenvalue weighted by atomic mass is 16.5. The van der Waals surface area contributed by atoms with Crippen LogP contribution in [0.5, 0.6) is 0 Å². The van der Waals surface area contributed by atoms with Crippen molar-refractivity contribution < 1.29 is 9.32 Å². The third-order valence-corrected chi connectivity index (χ3v) is 2.96. The molecule has 0 aromatic carbocycles. The van der Waals surface area contributed by atoms with Crippen molar-refractivity contribution in [3.8, 4) is 0 Å². The molecule has 1 aliphatic rings. The predicted molar refractivity (Wildman–Crippen MR) is 50.0 cm³/mol. The maximum atomic E-state index is 11.1. The summed E-state index contributed by atoms with van der Waals surface area (Å²) in [4.78, 5) is 15.4. The van der Waals surface area contributed by atoms with Crippen molar-refractivity contribution in [2.45, 2.75) is 44.9 Å². The molecule has 4 nitrogen and oxygen atoms in total. The standard InChI is InChI=1S/C10H14N2O2/c1-6(7(2)13)8-11-9(12-14-8)10(3)4-5-10/h6H,4-5H2,1-3H3. The second-order valence-electron chi connectivity index (χ2n) is 4.35. The Labute approximate surface area is 82.7 Å². The molecule has 4 heteroatoms. The number of hydrogen-bond donors (Lipinski definition) is 0. The van der Waals surface area contributed by atoms with Gasteiger partial charge in [0, 0.05) is 5.41 Å². The number of Topliss-reactive ketones (excluding diaryl/α,β-unsaturated/α-hetero) is 1. The van der Waals surface area contributed by atoms with Crippen LogP contribution in [-0.4, -0.2) is 15.9 Å². The van der Waals surface area contributed by atoms with Crippen LogP contribution in [0.15, 0.2) is 4.52 Å². The quantitative estimate of drug-likeness (QED) is 0.736. The summed E-state index contributed by atoms with van der Waals surface area (Å²) < 4.78 is 5.07. The van der Waals surface area contributed by atoms with Crippen molar-refractivity contribution in [3.05, 3.63) is 11.7 Å². The first-order valence-corrected chi connectivity index (χ1v) is 4.87. The Kier molecular flexibility index (Phi) is 1.94. The zero-order valence-electron chi connectivity index (χ0n) is 8.70. The summed E-state index contributed by atoms with van der Waals surface area (Å²) in [6, 6.07) is 0. The van der Waals surface area contributed by atoms with E-state index < -0.39 is 0 Å². The van der Waals surface area contributed by atoms with Gasteiger partial charge in [0.2, 0.25) is 5.89 Å². The normalized spacial score (nSPS) is 20.5. The van der Waals surface area contributed by atoms with Gasteiger partial charge in [-0.25, -0.2) is 0 Å². The first kappa shape index (κ1) is 9.37. The summed E-state index contributed by atoms with van der Waals surface area (Å²) in [5, 5.41) is 3.92. The number of aromatic nitrogens is 2. The molecular formula is C10H14N2O2. The molecule has 0 amide bonds. The lowest BCUT2D eigenvalue weighted by Gasteiger charge is -1.99. The summed E-state index contributed by atoms with van der Waals surface area (Å²) in [7, 11) is 0. The van der Waals surface area contributed by atoms with E-state index >= 15 is 0 Å². The van der Waals surface area contributed by atoms with Gasteiger partial charge in [-0.3, -0.25) is 4.79 Å². The zero-order valence-corrected chi connectivity index (χ0v) is 8.70. The van der Waals surface area contributed by atoms with Crippen LogP contribution in [0.3, 0.4) is 0 Å². The number of carbonyl (C=O) groups excluding carboxylic acids is 1. The monoisotopic (exact) mass is 194 g/mol. The number of nitrogens with zero attached hydrogens (tertiary/aromatic N) is 2. The van der Waals surface area contributed by atoms with Crippen LogP contribution in [0.1, 0.15) is 51.2 Å². The lowest BCUT2D eigenvalue weighted by molar-refractivity contribution is -0.118. The van der Waals surface area contributed by atoms with Gasteiger partial charge in [0.15, 0.2) is 5.82 Å². The Balaban J connectivity index is 2.21. The van der Waals surface area contributed by atoms with E-state index in [2.05, 4.69) is 17.1 Å². The van der Waals surface area contributed by atoms with Crippen molar-refractivity contribution in [1.82, 2.24) is 10.1 Å². The first-order valence-electron chi connectivity index (χ1n) is 4.87. The van der Waals surface area contributed by atoms with Gasteiger partial charge in [-0.2, -0.15) is 4.98 Å². The molecule has 1 fully saturated rings. The highest BCUT2D eigenvalue weighted by Gasteiger charge is 2.43. The van der Waals surface area contributed by atoms with Crippen molar-refractivity contribution >= 4 is 5.78 Å². The van der Waals surface area contributed by atoms with Crippen molar-refractivity contribution in [3.63, 3.8) is 0 Å². The Morgan fingerprint density at radius 1 is 1.57 bits per heavy atom. The maximum absolute atomic E-state index is 11.1. The van der Waals surface area contributed by atoms with E-state index in [1.807, 2.05) is 0 Å². The maximum Gasteiger partial charge on any atom is 0.236 e. The van der Waals surface area contributed by atoms with Crippen LogP contribution < -0.4 is 0 Å². The van der Waals surface area contributed by atoms with Gasteiger partial charge in [0.1, 0.15) is 5.78 Å². The van der Waals surface area contributed by atoms with E-state index in [4.69, 9.17) is 4.52 Å².